The standard InChI is InChI=1S/C30H26FN7O5S/c1-33-30(39)24-19-12-18(16-7-10-22(42-3)20(11-16)28-36-25-27(32)34-14-35-29(25)37-28)21(38(2)44(4,40)41)13-23(19)43-26(24)15-5-8-17(31)9-6-15/h5-14H,1-4H3,(H,33,39)(H3,32,34,35,36,37). The van der Waals surface area contributed by atoms with E-state index in [0.29, 0.717) is 56.1 Å². The zero-order valence-electron chi connectivity index (χ0n) is 24.0. The molecule has 6 rings (SSSR count). The predicted molar refractivity (Wildman–Crippen MR) is 165 cm³/mol. The van der Waals surface area contributed by atoms with Gasteiger partial charge >= 0.3 is 0 Å². The Bertz CT molecular complexity index is 2190. The largest absolute Gasteiger partial charge is 0.496 e. The third-order valence-corrected chi connectivity index (χ3v) is 8.47. The number of rotatable bonds is 7. The van der Waals surface area contributed by atoms with Crippen molar-refractivity contribution in [3.8, 4) is 39.6 Å². The van der Waals surface area contributed by atoms with Crippen molar-refractivity contribution in [2.24, 2.45) is 0 Å². The van der Waals surface area contributed by atoms with Crippen molar-refractivity contribution in [1.82, 2.24) is 25.3 Å². The average Bonchev–Trinajstić information content (AvgIpc) is 3.62. The van der Waals surface area contributed by atoms with Gasteiger partial charge in [0, 0.05) is 36.7 Å². The fraction of sp³-hybridized carbons (Fsp3) is 0.133. The maximum atomic E-state index is 13.7. The Kier molecular flexibility index (Phi) is 6.92. The molecule has 0 aliphatic carbocycles. The van der Waals surface area contributed by atoms with E-state index in [0.717, 1.165) is 10.6 Å². The highest BCUT2D eigenvalue weighted by Crippen LogP contribution is 2.43. The molecule has 0 spiro atoms. The van der Waals surface area contributed by atoms with Gasteiger partial charge in [0.25, 0.3) is 5.91 Å². The summed E-state index contributed by atoms with van der Waals surface area (Å²) in [5, 5.41) is 3.06. The number of H-pyrrole nitrogens is 1. The number of imidazole rings is 1. The molecule has 0 saturated carbocycles. The van der Waals surface area contributed by atoms with E-state index in [1.165, 1.54) is 51.8 Å². The lowest BCUT2D eigenvalue weighted by atomic mass is 9.97. The van der Waals surface area contributed by atoms with E-state index in [9.17, 15) is 17.6 Å². The Labute approximate surface area is 250 Å². The number of fused-ring (bicyclic) bond motifs is 2. The number of anilines is 2. The molecule has 12 nitrogen and oxygen atoms in total. The van der Waals surface area contributed by atoms with Gasteiger partial charge in [-0.3, -0.25) is 9.10 Å². The molecule has 0 radical (unpaired) electrons. The van der Waals surface area contributed by atoms with Crippen molar-refractivity contribution < 1.29 is 26.8 Å². The van der Waals surface area contributed by atoms with E-state index in [-0.39, 0.29) is 22.7 Å². The minimum Gasteiger partial charge on any atom is -0.496 e. The highest BCUT2D eigenvalue weighted by atomic mass is 32.2. The fourth-order valence-corrected chi connectivity index (χ4v) is 5.50. The number of nitrogens with one attached hydrogen (secondary N) is 2. The molecule has 3 aromatic carbocycles. The highest BCUT2D eigenvalue weighted by molar-refractivity contribution is 7.92. The maximum Gasteiger partial charge on any atom is 0.255 e. The number of furan rings is 1. The number of aromatic nitrogens is 4. The number of hydrogen-bond donors (Lipinski definition) is 3. The molecule has 0 aliphatic heterocycles. The number of carbonyl (C=O) groups excluding carboxylic acids is 1. The summed E-state index contributed by atoms with van der Waals surface area (Å²) in [6.07, 6.45) is 2.41. The third kappa shape index (κ3) is 4.84. The van der Waals surface area contributed by atoms with Crippen molar-refractivity contribution in [1.29, 1.82) is 0 Å². The second-order valence-electron chi connectivity index (χ2n) is 9.94. The topological polar surface area (TPSA) is 169 Å². The molecule has 0 saturated heterocycles. The number of nitrogens with zero attached hydrogens (tertiary/aromatic N) is 4. The van der Waals surface area contributed by atoms with Gasteiger partial charge in [0.2, 0.25) is 10.0 Å². The van der Waals surface area contributed by atoms with Crippen LogP contribution in [0.15, 0.2) is 65.3 Å². The van der Waals surface area contributed by atoms with Crippen molar-refractivity contribution in [3.05, 3.63) is 72.3 Å². The van der Waals surface area contributed by atoms with Gasteiger partial charge in [-0.1, -0.05) is 6.07 Å². The van der Waals surface area contributed by atoms with Gasteiger partial charge in [-0.2, -0.15) is 0 Å². The van der Waals surface area contributed by atoms with Gasteiger partial charge in [0.15, 0.2) is 17.0 Å². The lowest BCUT2D eigenvalue weighted by Gasteiger charge is -2.21. The number of amides is 1. The van der Waals surface area contributed by atoms with Gasteiger partial charge in [-0.15, -0.1) is 0 Å². The molecular weight excluding hydrogens is 589 g/mol. The molecule has 6 aromatic rings. The normalized spacial score (nSPS) is 11.7. The van der Waals surface area contributed by atoms with Crippen LogP contribution in [-0.2, 0) is 10.0 Å². The molecule has 4 N–H and O–H groups in total. The molecule has 3 aromatic heterocycles. The molecule has 1 amide bonds. The number of methoxy groups -OCH3 is 1. The predicted octanol–water partition coefficient (Wildman–Crippen LogP) is 4.59. The van der Waals surface area contributed by atoms with E-state index in [4.69, 9.17) is 14.9 Å². The van der Waals surface area contributed by atoms with Crippen molar-refractivity contribution >= 4 is 49.6 Å². The number of sulfonamides is 1. The van der Waals surface area contributed by atoms with E-state index < -0.39 is 21.7 Å². The Morgan fingerprint density at radius 1 is 1.07 bits per heavy atom. The third-order valence-electron chi connectivity index (χ3n) is 7.28. The maximum absolute atomic E-state index is 13.7. The van der Waals surface area contributed by atoms with E-state index >= 15 is 0 Å². The molecule has 14 heteroatoms. The van der Waals surface area contributed by atoms with Crippen LogP contribution in [0.25, 0.3) is 56.0 Å². The van der Waals surface area contributed by atoms with E-state index in [1.807, 2.05) is 0 Å². The number of halogens is 1. The zero-order chi connectivity index (χ0) is 31.3. The average molecular weight is 616 g/mol. The molecule has 44 heavy (non-hydrogen) atoms. The summed E-state index contributed by atoms with van der Waals surface area (Å²) in [5.74, 6) is 0.411. The monoisotopic (exact) mass is 615 g/mol. The summed E-state index contributed by atoms with van der Waals surface area (Å²) < 4.78 is 52.2. The van der Waals surface area contributed by atoms with Crippen LogP contribution in [0.5, 0.6) is 5.75 Å². The number of hydrogen-bond acceptors (Lipinski definition) is 9. The smallest absolute Gasteiger partial charge is 0.255 e. The first-order valence-electron chi connectivity index (χ1n) is 13.2. The van der Waals surface area contributed by atoms with Crippen LogP contribution in [-0.4, -0.2) is 61.7 Å². The van der Waals surface area contributed by atoms with Crippen LogP contribution in [0.4, 0.5) is 15.9 Å². The number of benzene rings is 3. The second kappa shape index (κ2) is 10.6. The number of ether oxygens (including phenoxy) is 1. The first kappa shape index (κ1) is 28.6. The molecule has 0 fully saturated rings. The number of carbonyl (C=O) groups is 1. The van der Waals surface area contributed by atoms with Crippen molar-refractivity contribution in [2.45, 2.75) is 0 Å². The van der Waals surface area contributed by atoms with Gasteiger partial charge in [0.1, 0.15) is 35.1 Å². The molecule has 0 aliphatic rings. The molecular formula is C30H26FN7O5S. The number of nitrogen functional groups attached to an aromatic ring is 1. The van der Waals surface area contributed by atoms with Crippen LogP contribution in [0.1, 0.15) is 10.4 Å². The van der Waals surface area contributed by atoms with Crippen LogP contribution in [0.3, 0.4) is 0 Å². The fourth-order valence-electron chi connectivity index (χ4n) is 4.99. The molecule has 224 valence electrons. The lowest BCUT2D eigenvalue weighted by Crippen LogP contribution is -2.25. The van der Waals surface area contributed by atoms with Crippen LogP contribution in [0, 0.1) is 5.82 Å². The summed E-state index contributed by atoms with van der Waals surface area (Å²) in [4.78, 5) is 29.1. The minimum absolute atomic E-state index is 0.203. The van der Waals surface area contributed by atoms with Crippen LogP contribution < -0.4 is 20.1 Å². The second-order valence-corrected chi connectivity index (χ2v) is 12.0. The Morgan fingerprint density at radius 3 is 2.45 bits per heavy atom. The van der Waals surface area contributed by atoms with Crippen LogP contribution >= 0.6 is 0 Å². The lowest BCUT2D eigenvalue weighted by molar-refractivity contribution is 0.0964. The summed E-state index contributed by atoms with van der Waals surface area (Å²) in [6.45, 7) is 0. The van der Waals surface area contributed by atoms with E-state index in [1.54, 1.807) is 30.3 Å². The number of nitrogens with two attached hydrogens (primary N) is 1. The molecule has 0 atom stereocenters. The van der Waals surface area contributed by atoms with Gasteiger partial charge < -0.3 is 25.2 Å². The SMILES string of the molecule is CNC(=O)c1c(-c2ccc(F)cc2)oc2cc(N(C)S(C)(=O)=O)c(-c3ccc(OC)c(-c4nc5c(N)ncnc5[nH]4)c3)cc12. The zero-order valence-corrected chi connectivity index (χ0v) is 24.8. The summed E-state index contributed by atoms with van der Waals surface area (Å²) >= 11 is 0. The Balaban J connectivity index is 1.64. The Morgan fingerprint density at radius 2 is 1.80 bits per heavy atom. The Hall–Kier alpha value is -5.50. The highest BCUT2D eigenvalue weighted by Gasteiger charge is 2.26. The van der Waals surface area contributed by atoms with Gasteiger partial charge in [0.05, 0.1) is 30.2 Å². The minimum atomic E-state index is -3.74. The summed E-state index contributed by atoms with van der Waals surface area (Å²) in [7, 11) is 0.695. The van der Waals surface area contributed by atoms with Crippen LogP contribution in [0.2, 0.25) is 0 Å². The quantitative estimate of drug-likeness (QED) is 0.233. The van der Waals surface area contributed by atoms with Gasteiger partial charge in [-0.05, 0) is 48.0 Å². The van der Waals surface area contributed by atoms with Crippen molar-refractivity contribution in [3.63, 3.8) is 0 Å². The van der Waals surface area contributed by atoms with Crippen molar-refractivity contribution in [2.75, 3.05) is 37.5 Å². The summed E-state index contributed by atoms with van der Waals surface area (Å²) in [6, 6.07) is 14.1. The number of aromatic amines is 1. The molecule has 0 unspecified atom stereocenters. The first-order valence-corrected chi connectivity index (χ1v) is 15.0. The first-order chi connectivity index (χ1) is 21.0. The summed E-state index contributed by atoms with van der Waals surface area (Å²) in [5.41, 5.74) is 9.65. The molecule has 0 bridgehead atoms. The van der Waals surface area contributed by atoms with E-state index in [2.05, 4.69) is 25.3 Å². The molecule has 3 heterocycles. The van der Waals surface area contributed by atoms with Gasteiger partial charge in [-0.25, -0.2) is 27.8 Å².